The summed E-state index contributed by atoms with van der Waals surface area (Å²) in [5.41, 5.74) is 0. The van der Waals surface area contributed by atoms with E-state index in [1.165, 1.54) is 167 Å². The highest BCUT2D eigenvalue weighted by molar-refractivity contribution is 5.71. The molecule has 0 amide bonds. The molecule has 314 valence electrons. The maximum atomic E-state index is 12.7. The Labute approximate surface area is 329 Å². The summed E-state index contributed by atoms with van der Waals surface area (Å²) < 4.78 is 16.7. The Bertz CT molecular complexity index is 783. The molecule has 0 heterocycles. The summed E-state index contributed by atoms with van der Waals surface area (Å²) in [6, 6.07) is 0. The summed E-state index contributed by atoms with van der Waals surface area (Å²) in [7, 11) is 0. The van der Waals surface area contributed by atoms with Gasteiger partial charge in [0.05, 0.1) is 0 Å². The molecule has 53 heavy (non-hydrogen) atoms. The van der Waals surface area contributed by atoms with Crippen LogP contribution in [0.3, 0.4) is 0 Å². The van der Waals surface area contributed by atoms with E-state index < -0.39 is 6.10 Å². The van der Waals surface area contributed by atoms with Gasteiger partial charge in [-0.15, -0.1) is 0 Å². The summed E-state index contributed by atoms with van der Waals surface area (Å²) in [5, 5.41) is 0. The molecular formula is C47H90O6. The van der Waals surface area contributed by atoms with Gasteiger partial charge in [0, 0.05) is 19.3 Å². The highest BCUT2D eigenvalue weighted by Crippen LogP contribution is 2.16. The highest BCUT2D eigenvalue weighted by atomic mass is 16.6. The number of ether oxygens (including phenoxy) is 3. The summed E-state index contributed by atoms with van der Waals surface area (Å²) in [6.45, 7) is 6.64. The van der Waals surface area contributed by atoms with Gasteiger partial charge >= 0.3 is 17.9 Å². The largest absolute Gasteiger partial charge is 0.462 e. The number of hydrogen-bond acceptors (Lipinski definition) is 6. The molecule has 6 nitrogen and oxygen atoms in total. The molecule has 0 aliphatic heterocycles. The van der Waals surface area contributed by atoms with Crippen LogP contribution in [-0.4, -0.2) is 37.2 Å². The van der Waals surface area contributed by atoms with Crippen LogP contribution < -0.4 is 0 Å². The predicted molar refractivity (Wildman–Crippen MR) is 224 cm³/mol. The Kier molecular flexibility index (Phi) is 41.8. The van der Waals surface area contributed by atoms with Gasteiger partial charge in [0.25, 0.3) is 0 Å². The van der Waals surface area contributed by atoms with Crippen LogP contribution in [0.15, 0.2) is 0 Å². The van der Waals surface area contributed by atoms with Crippen molar-refractivity contribution >= 4 is 17.9 Å². The number of hydrogen-bond donors (Lipinski definition) is 0. The molecule has 0 aromatic rings. The van der Waals surface area contributed by atoms with Crippen LogP contribution in [0, 0.1) is 0 Å². The summed E-state index contributed by atoms with van der Waals surface area (Å²) >= 11 is 0. The van der Waals surface area contributed by atoms with Gasteiger partial charge in [-0.1, -0.05) is 226 Å². The first-order valence-corrected chi connectivity index (χ1v) is 23.5. The van der Waals surface area contributed by atoms with Crippen molar-refractivity contribution in [2.75, 3.05) is 13.2 Å². The zero-order valence-electron chi connectivity index (χ0n) is 35.8. The Morgan fingerprint density at radius 2 is 0.509 bits per heavy atom. The van der Waals surface area contributed by atoms with Gasteiger partial charge < -0.3 is 14.2 Å². The van der Waals surface area contributed by atoms with E-state index in [0.717, 1.165) is 57.8 Å². The summed E-state index contributed by atoms with van der Waals surface area (Å²) in [4.78, 5) is 37.7. The Hall–Kier alpha value is -1.59. The quantitative estimate of drug-likeness (QED) is 0.0351. The SMILES string of the molecule is CCCCCCCCCCCCCCCCC(=O)OC[C@@H](COC(=O)CCCCCCCCCCCC)OC(=O)CCCCCCCCCCCCC. The monoisotopic (exact) mass is 751 g/mol. The van der Waals surface area contributed by atoms with Gasteiger partial charge in [0.15, 0.2) is 6.10 Å². The molecule has 0 fully saturated rings. The molecule has 0 rings (SSSR count). The summed E-state index contributed by atoms with van der Waals surface area (Å²) in [6.07, 6.45) is 43.6. The van der Waals surface area contributed by atoms with Crippen LogP contribution in [0.4, 0.5) is 0 Å². The zero-order chi connectivity index (χ0) is 38.7. The molecule has 1 atom stereocenters. The van der Waals surface area contributed by atoms with Gasteiger partial charge in [-0.2, -0.15) is 0 Å². The normalized spacial score (nSPS) is 11.8. The molecule has 0 spiro atoms. The lowest BCUT2D eigenvalue weighted by atomic mass is 10.0. The first kappa shape index (κ1) is 51.4. The standard InChI is InChI=1S/C47H90O6/c1-4-7-10-13-16-19-22-23-24-26-28-31-34-37-40-46(49)52-43-44(42-51-45(48)39-36-33-30-27-21-18-15-12-9-6-3)53-47(50)41-38-35-32-29-25-20-17-14-11-8-5-2/h44H,4-43H2,1-3H3/t44-/m1/s1. The van der Waals surface area contributed by atoms with Gasteiger partial charge in [0.2, 0.25) is 0 Å². The number of carbonyl (C=O) groups is 3. The predicted octanol–water partition coefficient (Wildman–Crippen LogP) is 14.9. The molecule has 0 aromatic carbocycles. The number of esters is 3. The van der Waals surface area contributed by atoms with Crippen molar-refractivity contribution in [2.24, 2.45) is 0 Å². The maximum absolute atomic E-state index is 12.7. The van der Waals surface area contributed by atoms with E-state index in [4.69, 9.17) is 14.2 Å². The number of unbranched alkanes of at least 4 members (excludes halogenated alkanes) is 32. The molecule has 0 aliphatic carbocycles. The van der Waals surface area contributed by atoms with E-state index in [0.29, 0.717) is 19.3 Å². The van der Waals surface area contributed by atoms with Crippen molar-refractivity contribution in [1.82, 2.24) is 0 Å². The topological polar surface area (TPSA) is 78.9 Å². The Morgan fingerprint density at radius 3 is 0.755 bits per heavy atom. The molecule has 0 saturated carbocycles. The van der Waals surface area contributed by atoms with Crippen LogP contribution >= 0.6 is 0 Å². The lowest BCUT2D eigenvalue weighted by Gasteiger charge is -2.18. The van der Waals surface area contributed by atoms with Crippen molar-refractivity contribution in [3.05, 3.63) is 0 Å². The van der Waals surface area contributed by atoms with Gasteiger partial charge in [0.1, 0.15) is 13.2 Å². The minimum Gasteiger partial charge on any atom is -0.462 e. The van der Waals surface area contributed by atoms with E-state index >= 15 is 0 Å². The number of rotatable bonds is 43. The third-order valence-corrected chi connectivity index (χ3v) is 10.6. The number of carbonyl (C=O) groups excluding carboxylic acids is 3. The van der Waals surface area contributed by atoms with Gasteiger partial charge in [-0.3, -0.25) is 14.4 Å². The van der Waals surface area contributed by atoms with E-state index in [2.05, 4.69) is 20.8 Å². The average Bonchev–Trinajstić information content (AvgIpc) is 3.15. The first-order valence-electron chi connectivity index (χ1n) is 23.5. The van der Waals surface area contributed by atoms with Gasteiger partial charge in [-0.05, 0) is 19.3 Å². The molecule has 0 aromatic heterocycles. The molecular weight excluding hydrogens is 661 g/mol. The second-order valence-electron chi connectivity index (χ2n) is 16.0. The third-order valence-electron chi connectivity index (χ3n) is 10.6. The van der Waals surface area contributed by atoms with Crippen molar-refractivity contribution in [3.8, 4) is 0 Å². The fourth-order valence-electron chi connectivity index (χ4n) is 7.03. The zero-order valence-corrected chi connectivity index (χ0v) is 35.8. The van der Waals surface area contributed by atoms with Crippen LogP contribution in [0.25, 0.3) is 0 Å². The van der Waals surface area contributed by atoms with E-state index in [1.54, 1.807) is 0 Å². The second-order valence-corrected chi connectivity index (χ2v) is 16.0. The van der Waals surface area contributed by atoms with Crippen LogP contribution in [-0.2, 0) is 28.6 Å². The Balaban J connectivity index is 4.30. The van der Waals surface area contributed by atoms with E-state index in [1.807, 2.05) is 0 Å². The second kappa shape index (κ2) is 43.1. The van der Waals surface area contributed by atoms with Gasteiger partial charge in [-0.25, -0.2) is 0 Å². The van der Waals surface area contributed by atoms with Crippen molar-refractivity contribution in [1.29, 1.82) is 0 Å². The molecule has 0 unspecified atom stereocenters. The highest BCUT2D eigenvalue weighted by Gasteiger charge is 2.19. The fraction of sp³-hybridized carbons (Fsp3) is 0.936. The smallest absolute Gasteiger partial charge is 0.306 e. The van der Waals surface area contributed by atoms with Crippen molar-refractivity contribution in [3.63, 3.8) is 0 Å². The molecule has 0 radical (unpaired) electrons. The molecule has 0 aliphatic rings. The average molecular weight is 751 g/mol. The summed E-state index contributed by atoms with van der Waals surface area (Å²) in [5.74, 6) is -0.851. The molecule has 0 N–H and O–H groups in total. The molecule has 0 bridgehead atoms. The van der Waals surface area contributed by atoms with Crippen LogP contribution in [0.1, 0.15) is 265 Å². The third kappa shape index (κ3) is 41.4. The van der Waals surface area contributed by atoms with Crippen molar-refractivity contribution < 1.29 is 28.6 Å². The van der Waals surface area contributed by atoms with Crippen molar-refractivity contribution in [2.45, 2.75) is 271 Å². The lowest BCUT2D eigenvalue weighted by Crippen LogP contribution is -2.30. The minimum absolute atomic E-state index is 0.0625. The van der Waals surface area contributed by atoms with Crippen LogP contribution in [0.5, 0.6) is 0 Å². The maximum Gasteiger partial charge on any atom is 0.306 e. The Morgan fingerprint density at radius 1 is 0.302 bits per heavy atom. The lowest BCUT2D eigenvalue weighted by molar-refractivity contribution is -0.167. The van der Waals surface area contributed by atoms with Crippen LogP contribution in [0.2, 0.25) is 0 Å². The van der Waals surface area contributed by atoms with E-state index in [-0.39, 0.29) is 31.1 Å². The fourth-order valence-corrected chi connectivity index (χ4v) is 7.03. The minimum atomic E-state index is -0.757. The van der Waals surface area contributed by atoms with E-state index in [9.17, 15) is 14.4 Å². The molecule has 6 heteroatoms. The molecule has 0 saturated heterocycles. The first-order chi connectivity index (χ1) is 26.0.